The van der Waals surface area contributed by atoms with Gasteiger partial charge < -0.3 is 5.11 Å². The molecule has 1 N–H and O–H groups in total. The average molecular weight is 448 g/mol. The van der Waals surface area contributed by atoms with Gasteiger partial charge in [0.05, 0.1) is 5.52 Å². The number of carboxylic acid groups (broad SMARTS) is 1. The van der Waals surface area contributed by atoms with Gasteiger partial charge in [-0.25, -0.2) is 13.9 Å². The molecule has 0 radical (unpaired) electrons. The molecule has 0 atom stereocenters. The molecule has 148 valence electrons. The molecule has 3 aromatic heterocycles. The fourth-order valence-electron chi connectivity index (χ4n) is 3.02. The number of aromatic nitrogens is 3. The van der Waals surface area contributed by atoms with Crippen molar-refractivity contribution in [2.45, 2.75) is 17.1 Å². The van der Waals surface area contributed by atoms with Crippen LogP contribution in [0.2, 0.25) is 5.02 Å². The first-order chi connectivity index (χ1) is 13.9. The zero-order chi connectivity index (χ0) is 20.6. The summed E-state index contributed by atoms with van der Waals surface area (Å²) in [6.07, 6.45) is 6.21. The van der Waals surface area contributed by atoms with Crippen LogP contribution in [0.15, 0.2) is 59.5 Å². The molecule has 1 aromatic carbocycles. The second-order valence-corrected chi connectivity index (χ2v) is 9.82. The van der Waals surface area contributed by atoms with Gasteiger partial charge in [-0.05, 0) is 42.3 Å². The number of benzene rings is 1. The van der Waals surface area contributed by atoms with Crippen molar-refractivity contribution in [1.82, 2.24) is 13.9 Å². The minimum Gasteiger partial charge on any atom is -0.481 e. The minimum absolute atomic E-state index is 0.108. The van der Waals surface area contributed by atoms with E-state index >= 15 is 0 Å². The third-order valence-corrected chi connectivity index (χ3v) is 7.87. The number of hydrogen-bond donors (Lipinski definition) is 1. The summed E-state index contributed by atoms with van der Waals surface area (Å²) in [7, 11) is -3.88. The summed E-state index contributed by atoms with van der Waals surface area (Å²) in [5.41, 5.74) is 1.79. The normalized spacial score (nSPS) is 11.8. The van der Waals surface area contributed by atoms with Gasteiger partial charge >= 0.3 is 5.97 Å². The highest BCUT2D eigenvalue weighted by Gasteiger charge is 2.24. The summed E-state index contributed by atoms with van der Waals surface area (Å²) in [5, 5.41) is 10.1. The predicted octanol–water partition coefficient (Wildman–Crippen LogP) is 4.07. The maximum absolute atomic E-state index is 13.3. The number of thiophene rings is 1. The lowest BCUT2D eigenvalue weighted by atomic mass is 10.1. The Labute approximate surface area is 175 Å². The Morgan fingerprint density at radius 2 is 1.93 bits per heavy atom. The molecule has 0 spiro atoms. The van der Waals surface area contributed by atoms with Crippen LogP contribution in [-0.4, -0.2) is 33.4 Å². The van der Waals surface area contributed by atoms with Gasteiger partial charge in [-0.3, -0.25) is 4.79 Å². The summed E-state index contributed by atoms with van der Waals surface area (Å²) in [4.78, 5) is 19.6. The fraction of sp³-hybridized carbons (Fsp3) is 0.105. The Morgan fingerprint density at radius 1 is 1.17 bits per heavy atom. The van der Waals surface area contributed by atoms with Crippen molar-refractivity contribution in [3.05, 3.63) is 65.8 Å². The Bertz CT molecular complexity index is 1310. The van der Waals surface area contributed by atoms with E-state index in [1.807, 2.05) is 0 Å². The first-order valence-electron chi connectivity index (χ1n) is 8.48. The van der Waals surface area contributed by atoms with Crippen molar-refractivity contribution in [2.75, 3.05) is 0 Å². The zero-order valence-corrected chi connectivity index (χ0v) is 17.2. The number of rotatable bonds is 6. The van der Waals surface area contributed by atoms with Gasteiger partial charge in [-0.15, -0.1) is 11.3 Å². The van der Waals surface area contributed by atoms with Crippen molar-refractivity contribution in [2.24, 2.45) is 0 Å². The molecular weight excluding hydrogens is 434 g/mol. The van der Waals surface area contributed by atoms with Gasteiger partial charge in [0.2, 0.25) is 0 Å². The summed E-state index contributed by atoms with van der Waals surface area (Å²) in [5.74, 6) is -0.955. The van der Waals surface area contributed by atoms with Crippen LogP contribution in [0.5, 0.6) is 0 Å². The van der Waals surface area contributed by atoms with Crippen LogP contribution in [0.3, 0.4) is 0 Å². The maximum Gasteiger partial charge on any atom is 0.303 e. The molecular formula is C19H14ClN3O4S2. The van der Waals surface area contributed by atoms with Gasteiger partial charge in [0, 0.05) is 45.9 Å². The monoisotopic (exact) mass is 447 g/mol. The minimum atomic E-state index is -3.88. The van der Waals surface area contributed by atoms with E-state index in [-0.39, 0.29) is 17.1 Å². The molecule has 0 aliphatic rings. The molecule has 29 heavy (non-hydrogen) atoms. The fourth-order valence-corrected chi connectivity index (χ4v) is 5.95. The third-order valence-electron chi connectivity index (χ3n) is 4.36. The quantitative estimate of drug-likeness (QED) is 0.478. The topological polar surface area (TPSA) is 102 Å². The number of carboxylic acids is 1. The van der Waals surface area contributed by atoms with Gasteiger partial charge in [-0.1, -0.05) is 11.6 Å². The first-order valence-corrected chi connectivity index (χ1v) is 11.1. The molecule has 4 rings (SSSR count). The van der Waals surface area contributed by atoms with E-state index in [1.54, 1.807) is 42.7 Å². The molecule has 0 saturated heterocycles. The summed E-state index contributed by atoms with van der Waals surface area (Å²) >= 11 is 7.20. The van der Waals surface area contributed by atoms with E-state index in [9.17, 15) is 13.2 Å². The van der Waals surface area contributed by atoms with E-state index < -0.39 is 16.0 Å². The molecule has 0 bridgehead atoms. The van der Waals surface area contributed by atoms with Crippen molar-refractivity contribution in [3.63, 3.8) is 0 Å². The highest BCUT2D eigenvalue weighted by molar-refractivity contribution is 7.92. The standard InChI is InChI=1S/C19H14ClN3O4S2/c20-14-2-3-16-15(7-14)12(1-5-18(24)25)10-23(16)29(26,27)19-6-4-17(28-19)13-8-21-11-22-9-13/h2-4,6-11H,1,5H2,(H,24,25). The first kappa shape index (κ1) is 19.6. The largest absolute Gasteiger partial charge is 0.481 e. The number of fused-ring (bicyclic) bond motifs is 1. The lowest BCUT2D eigenvalue weighted by molar-refractivity contribution is -0.136. The predicted molar refractivity (Wildman–Crippen MR) is 111 cm³/mol. The zero-order valence-electron chi connectivity index (χ0n) is 14.8. The van der Waals surface area contributed by atoms with Crippen LogP contribution in [0.25, 0.3) is 21.3 Å². The molecule has 4 aromatic rings. The molecule has 0 aliphatic heterocycles. The highest BCUT2D eigenvalue weighted by atomic mass is 35.5. The van der Waals surface area contributed by atoms with Gasteiger partial charge in [0.15, 0.2) is 0 Å². The van der Waals surface area contributed by atoms with Crippen LogP contribution in [0.1, 0.15) is 12.0 Å². The van der Waals surface area contributed by atoms with Gasteiger partial charge in [-0.2, -0.15) is 8.42 Å². The lowest BCUT2D eigenvalue weighted by Gasteiger charge is -2.05. The third kappa shape index (κ3) is 3.76. The summed E-state index contributed by atoms with van der Waals surface area (Å²) < 4.78 is 28.0. The Morgan fingerprint density at radius 3 is 2.66 bits per heavy atom. The van der Waals surface area contributed by atoms with E-state index in [2.05, 4.69) is 9.97 Å². The van der Waals surface area contributed by atoms with Crippen molar-refractivity contribution < 1.29 is 18.3 Å². The Kier molecular flexibility index (Phi) is 5.12. The number of aryl methyl sites for hydroxylation is 1. The van der Waals surface area contributed by atoms with E-state index in [0.29, 0.717) is 21.5 Å². The molecule has 10 heteroatoms. The Balaban J connectivity index is 1.81. The van der Waals surface area contributed by atoms with Crippen molar-refractivity contribution in [1.29, 1.82) is 0 Å². The van der Waals surface area contributed by atoms with Crippen LogP contribution in [0.4, 0.5) is 0 Å². The highest BCUT2D eigenvalue weighted by Crippen LogP contribution is 2.34. The molecule has 0 amide bonds. The second-order valence-electron chi connectivity index (χ2n) is 6.26. The van der Waals surface area contributed by atoms with Crippen molar-refractivity contribution >= 4 is 49.8 Å². The van der Waals surface area contributed by atoms with Crippen LogP contribution in [-0.2, 0) is 21.2 Å². The summed E-state index contributed by atoms with van der Waals surface area (Å²) in [6.45, 7) is 0. The van der Waals surface area contributed by atoms with E-state index in [4.69, 9.17) is 16.7 Å². The van der Waals surface area contributed by atoms with Gasteiger partial charge in [0.1, 0.15) is 10.5 Å². The number of halogens is 1. The van der Waals surface area contributed by atoms with Gasteiger partial charge in [0.25, 0.3) is 10.0 Å². The molecule has 7 nitrogen and oxygen atoms in total. The van der Waals surface area contributed by atoms with Crippen LogP contribution >= 0.6 is 22.9 Å². The van der Waals surface area contributed by atoms with E-state index in [1.165, 1.54) is 16.5 Å². The van der Waals surface area contributed by atoms with Crippen LogP contribution < -0.4 is 0 Å². The SMILES string of the molecule is O=C(O)CCc1cn(S(=O)(=O)c2ccc(-c3cncnc3)s2)c2ccc(Cl)cc12. The average Bonchev–Trinajstić information content (AvgIpc) is 3.33. The lowest BCUT2D eigenvalue weighted by Crippen LogP contribution is -2.10. The van der Waals surface area contributed by atoms with Crippen molar-refractivity contribution in [3.8, 4) is 10.4 Å². The summed E-state index contributed by atoms with van der Waals surface area (Å²) in [6, 6.07) is 8.14. The number of hydrogen-bond acceptors (Lipinski definition) is 6. The molecule has 0 fully saturated rings. The number of aliphatic carboxylic acids is 1. The molecule has 3 heterocycles. The second kappa shape index (κ2) is 7.58. The maximum atomic E-state index is 13.3. The van der Waals surface area contributed by atoms with E-state index in [0.717, 1.165) is 21.8 Å². The molecule has 0 aliphatic carbocycles. The van der Waals surface area contributed by atoms with Crippen LogP contribution in [0, 0.1) is 0 Å². The smallest absolute Gasteiger partial charge is 0.303 e. The number of carbonyl (C=O) groups is 1. The molecule has 0 unspecified atom stereocenters. The number of nitrogens with zero attached hydrogens (tertiary/aromatic N) is 3. The molecule has 0 saturated carbocycles. The Hall–Kier alpha value is -2.75.